The first-order valence-corrected chi connectivity index (χ1v) is 6.99. The first kappa shape index (κ1) is 14.1. The SMILES string of the molecule is CC(C)C1(C)OB(C2=CCN(C)CC2)OC1(C)C. The largest absolute Gasteiger partial charge is 0.490 e. The molecule has 1 unspecified atom stereocenters. The quantitative estimate of drug-likeness (QED) is 0.704. The lowest BCUT2D eigenvalue weighted by atomic mass is 9.74. The van der Waals surface area contributed by atoms with Crippen LogP contribution >= 0.6 is 0 Å². The van der Waals surface area contributed by atoms with Crippen molar-refractivity contribution >= 4 is 7.12 Å². The summed E-state index contributed by atoms with van der Waals surface area (Å²) < 4.78 is 12.5. The Morgan fingerprint density at radius 2 is 1.94 bits per heavy atom. The molecule has 0 spiro atoms. The zero-order chi connectivity index (χ0) is 13.6. The molecule has 0 saturated carbocycles. The van der Waals surface area contributed by atoms with Gasteiger partial charge in [-0.05, 0) is 45.6 Å². The van der Waals surface area contributed by atoms with Crippen LogP contribution in [-0.2, 0) is 9.31 Å². The minimum Gasteiger partial charge on any atom is -0.400 e. The molecule has 1 atom stereocenters. The van der Waals surface area contributed by atoms with Gasteiger partial charge in [0.25, 0.3) is 0 Å². The van der Waals surface area contributed by atoms with Crippen LogP contribution in [0, 0.1) is 5.92 Å². The lowest BCUT2D eigenvalue weighted by molar-refractivity contribution is -0.0435. The van der Waals surface area contributed by atoms with E-state index in [1.165, 1.54) is 5.47 Å². The number of likely N-dealkylation sites (N-methyl/N-ethyl adjacent to an activating group) is 1. The molecule has 0 amide bonds. The maximum atomic E-state index is 6.29. The third kappa shape index (κ3) is 2.26. The summed E-state index contributed by atoms with van der Waals surface area (Å²) in [6.45, 7) is 13.0. The molecule has 1 saturated heterocycles. The van der Waals surface area contributed by atoms with Gasteiger partial charge in [-0.25, -0.2) is 0 Å². The van der Waals surface area contributed by atoms with Crippen molar-refractivity contribution in [1.82, 2.24) is 4.90 Å². The van der Waals surface area contributed by atoms with E-state index in [1.54, 1.807) is 0 Å². The molecule has 0 aliphatic carbocycles. The highest BCUT2D eigenvalue weighted by Crippen LogP contribution is 2.44. The molecule has 0 bridgehead atoms. The second kappa shape index (κ2) is 4.66. The molecule has 0 N–H and O–H groups in total. The predicted molar refractivity (Wildman–Crippen MR) is 75.4 cm³/mol. The third-order valence-electron chi connectivity index (χ3n) is 4.80. The minimum absolute atomic E-state index is 0.152. The highest BCUT2D eigenvalue weighted by molar-refractivity contribution is 6.54. The summed E-state index contributed by atoms with van der Waals surface area (Å²) in [4.78, 5) is 2.31. The smallest absolute Gasteiger partial charge is 0.400 e. The van der Waals surface area contributed by atoms with Gasteiger partial charge in [-0.1, -0.05) is 19.9 Å². The van der Waals surface area contributed by atoms with Crippen LogP contribution in [0.2, 0.25) is 0 Å². The van der Waals surface area contributed by atoms with Gasteiger partial charge in [0, 0.05) is 13.1 Å². The van der Waals surface area contributed by atoms with Crippen molar-refractivity contribution < 1.29 is 9.31 Å². The molecular weight excluding hydrogens is 225 g/mol. The van der Waals surface area contributed by atoms with E-state index in [1.807, 2.05) is 0 Å². The van der Waals surface area contributed by atoms with Crippen LogP contribution in [-0.4, -0.2) is 43.4 Å². The zero-order valence-electron chi connectivity index (χ0n) is 12.6. The van der Waals surface area contributed by atoms with Crippen molar-refractivity contribution in [1.29, 1.82) is 0 Å². The highest BCUT2D eigenvalue weighted by Gasteiger charge is 2.56. The second-order valence-electron chi connectivity index (χ2n) is 6.63. The summed E-state index contributed by atoms with van der Waals surface area (Å²) in [5, 5.41) is 0. The summed E-state index contributed by atoms with van der Waals surface area (Å²) in [6, 6.07) is 0. The first-order chi connectivity index (χ1) is 8.26. The van der Waals surface area contributed by atoms with Crippen molar-refractivity contribution in [2.45, 2.75) is 52.2 Å². The van der Waals surface area contributed by atoms with Crippen LogP contribution in [0.25, 0.3) is 0 Å². The highest BCUT2D eigenvalue weighted by atomic mass is 16.7. The summed E-state index contributed by atoms with van der Waals surface area (Å²) in [5.41, 5.74) is 0.850. The van der Waals surface area contributed by atoms with E-state index in [2.05, 4.69) is 52.6 Å². The Morgan fingerprint density at radius 1 is 1.28 bits per heavy atom. The van der Waals surface area contributed by atoms with Gasteiger partial charge >= 0.3 is 7.12 Å². The van der Waals surface area contributed by atoms with Crippen molar-refractivity contribution in [2.75, 3.05) is 20.1 Å². The fourth-order valence-electron chi connectivity index (χ4n) is 2.76. The first-order valence-electron chi connectivity index (χ1n) is 6.99. The van der Waals surface area contributed by atoms with Crippen LogP contribution in [0.1, 0.15) is 41.0 Å². The molecule has 2 aliphatic rings. The standard InChI is InChI=1S/C14H26BNO2/c1-11(2)14(5)13(3,4)17-15(18-14)12-7-9-16(6)10-8-12/h7,11H,8-10H2,1-6H3. The topological polar surface area (TPSA) is 21.7 Å². The number of hydrogen-bond donors (Lipinski definition) is 0. The molecule has 2 heterocycles. The second-order valence-corrected chi connectivity index (χ2v) is 6.63. The van der Waals surface area contributed by atoms with Crippen molar-refractivity contribution in [3.8, 4) is 0 Å². The molecule has 2 rings (SSSR count). The summed E-state index contributed by atoms with van der Waals surface area (Å²) in [6.07, 6.45) is 3.31. The Morgan fingerprint density at radius 3 is 2.39 bits per heavy atom. The fourth-order valence-corrected chi connectivity index (χ4v) is 2.76. The summed E-state index contributed by atoms with van der Waals surface area (Å²) in [7, 11) is 1.99. The molecular formula is C14H26BNO2. The van der Waals surface area contributed by atoms with Gasteiger partial charge in [0.05, 0.1) is 11.2 Å². The monoisotopic (exact) mass is 251 g/mol. The Kier molecular flexibility index (Phi) is 3.65. The van der Waals surface area contributed by atoms with Gasteiger partial charge in [0.1, 0.15) is 0 Å². The molecule has 0 aromatic heterocycles. The molecule has 2 aliphatic heterocycles. The maximum absolute atomic E-state index is 6.29. The fraction of sp³-hybridized carbons (Fsp3) is 0.857. The average Bonchev–Trinajstić information content (AvgIpc) is 2.52. The molecule has 4 heteroatoms. The number of nitrogens with zero attached hydrogens (tertiary/aromatic N) is 1. The van der Waals surface area contributed by atoms with Gasteiger partial charge in [0.15, 0.2) is 0 Å². The zero-order valence-corrected chi connectivity index (χ0v) is 12.6. The molecule has 0 aromatic carbocycles. The van der Waals surface area contributed by atoms with Crippen LogP contribution in [0.4, 0.5) is 0 Å². The third-order valence-corrected chi connectivity index (χ3v) is 4.80. The molecule has 0 aromatic rings. The van der Waals surface area contributed by atoms with Crippen molar-refractivity contribution in [3.63, 3.8) is 0 Å². The molecule has 1 fully saturated rings. The minimum atomic E-state index is -0.240. The van der Waals surface area contributed by atoms with E-state index >= 15 is 0 Å². The van der Waals surface area contributed by atoms with E-state index in [9.17, 15) is 0 Å². The van der Waals surface area contributed by atoms with Gasteiger partial charge in [-0.3, -0.25) is 0 Å². The van der Waals surface area contributed by atoms with E-state index in [0.29, 0.717) is 5.92 Å². The lowest BCUT2D eigenvalue weighted by Gasteiger charge is -2.39. The van der Waals surface area contributed by atoms with E-state index in [-0.39, 0.29) is 18.3 Å². The van der Waals surface area contributed by atoms with Crippen LogP contribution in [0.5, 0.6) is 0 Å². The predicted octanol–water partition coefficient (Wildman–Crippen LogP) is 2.52. The van der Waals surface area contributed by atoms with Crippen molar-refractivity contribution in [2.24, 2.45) is 5.92 Å². The van der Waals surface area contributed by atoms with Crippen LogP contribution < -0.4 is 0 Å². The van der Waals surface area contributed by atoms with Gasteiger partial charge in [-0.15, -0.1) is 0 Å². The summed E-state index contributed by atoms with van der Waals surface area (Å²) >= 11 is 0. The van der Waals surface area contributed by atoms with Gasteiger partial charge in [-0.2, -0.15) is 0 Å². The normalized spacial score (nSPS) is 33.1. The van der Waals surface area contributed by atoms with E-state index in [4.69, 9.17) is 9.31 Å². The number of rotatable bonds is 2. The van der Waals surface area contributed by atoms with Crippen molar-refractivity contribution in [3.05, 3.63) is 11.5 Å². The molecule has 3 nitrogen and oxygen atoms in total. The molecule has 102 valence electrons. The average molecular weight is 251 g/mol. The van der Waals surface area contributed by atoms with E-state index in [0.717, 1.165) is 19.5 Å². The van der Waals surface area contributed by atoms with Gasteiger partial charge < -0.3 is 14.2 Å². The molecule has 0 radical (unpaired) electrons. The summed E-state index contributed by atoms with van der Waals surface area (Å²) in [5.74, 6) is 0.435. The molecule has 18 heavy (non-hydrogen) atoms. The van der Waals surface area contributed by atoms with Crippen LogP contribution in [0.3, 0.4) is 0 Å². The Labute approximate surface area is 112 Å². The van der Waals surface area contributed by atoms with Gasteiger partial charge in [0.2, 0.25) is 0 Å². The maximum Gasteiger partial charge on any atom is 0.490 e. The Hall–Kier alpha value is -0.315. The lowest BCUT2D eigenvalue weighted by Crippen LogP contribution is -2.48. The Bertz CT molecular complexity index is 354. The number of hydrogen-bond acceptors (Lipinski definition) is 3. The van der Waals surface area contributed by atoms with E-state index < -0.39 is 0 Å². The van der Waals surface area contributed by atoms with Crippen LogP contribution in [0.15, 0.2) is 11.5 Å². The Balaban J connectivity index is 2.16.